The summed E-state index contributed by atoms with van der Waals surface area (Å²) < 4.78 is 0. The van der Waals surface area contributed by atoms with E-state index in [0.29, 0.717) is 11.8 Å². The lowest BCUT2D eigenvalue weighted by Gasteiger charge is -2.55. The smallest absolute Gasteiger partial charge is 0.0546 e. The first kappa shape index (κ1) is 41.3. The molecule has 5 atom stereocenters. The number of fused-ring (bicyclic) bond motifs is 13. The lowest BCUT2D eigenvalue weighted by atomic mass is 9.49. The van der Waals surface area contributed by atoms with Gasteiger partial charge in [-0.05, 0) is 174 Å². The van der Waals surface area contributed by atoms with Crippen LogP contribution in [0.25, 0.3) is 87.6 Å². The van der Waals surface area contributed by atoms with Crippen LogP contribution in [0.1, 0.15) is 50.7 Å². The highest BCUT2D eigenvalue weighted by Gasteiger charge is 2.57. The van der Waals surface area contributed by atoms with Crippen LogP contribution < -0.4 is 4.90 Å². The van der Waals surface area contributed by atoms with E-state index >= 15 is 0 Å². The average molecular weight is 898 g/mol. The average Bonchev–Trinajstić information content (AvgIpc) is 3.72. The predicted octanol–water partition coefficient (Wildman–Crippen LogP) is 19.1. The van der Waals surface area contributed by atoms with Crippen molar-refractivity contribution >= 4 is 60.2 Å². The molecular formula is C69H55N. The minimum Gasteiger partial charge on any atom is -0.309 e. The third-order valence-electron chi connectivity index (χ3n) is 17.1. The Bertz CT molecular complexity index is 3840. The molecule has 2 fully saturated rings. The van der Waals surface area contributed by atoms with Crippen LogP contribution in [0.2, 0.25) is 0 Å². The molecule has 336 valence electrons. The van der Waals surface area contributed by atoms with Gasteiger partial charge in [0.2, 0.25) is 0 Å². The van der Waals surface area contributed by atoms with E-state index in [0.717, 1.165) is 28.9 Å². The normalized spacial score (nSPS) is 20.3. The number of hydrogen-bond donors (Lipinski definition) is 0. The zero-order valence-electron chi connectivity index (χ0n) is 39.9. The zero-order chi connectivity index (χ0) is 46.5. The molecule has 1 unspecified atom stereocenters. The van der Waals surface area contributed by atoms with Crippen molar-refractivity contribution in [1.82, 2.24) is 0 Å². The van der Waals surface area contributed by atoms with Crippen molar-refractivity contribution in [2.45, 2.75) is 44.9 Å². The molecule has 2 bridgehead atoms. The van der Waals surface area contributed by atoms with Gasteiger partial charge in [-0.2, -0.15) is 0 Å². The maximum atomic E-state index is 2.59. The number of hydrogen-bond acceptors (Lipinski definition) is 1. The second kappa shape index (κ2) is 16.2. The molecule has 0 aliphatic heterocycles. The Morgan fingerprint density at radius 3 is 1.86 bits per heavy atom. The number of benzene rings is 11. The van der Waals surface area contributed by atoms with E-state index in [1.165, 1.54) is 113 Å². The third-order valence-corrected chi connectivity index (χ3v) is 17.1. The fourth-order valence-electron chi connectivity index (χ4n) is 14.4. The predicted molar refractivity (Wildman–Crippen MR) is 297 cm³/mol. The van der Waals surface area contributed by atoms with Gasteiger partial charge in [-0.25, -0.2) is 0 Å². The highest BCUT2D eigenvalue weighted by atomic mass is 15.1. The van der Waals surface area contributed by atoms with Crippen LogP contribution in [0.3, 0.4) is 0 Å². The van der Waals surface area contributed by atoms with Gasteiger partial charge in [0.15, 0.2) is 0 Å². The molecule has 0 heterocycles. The quantitative estimate of drug-likeness (QED) is 0.150. The maximum Gasteiger partial charge on any atom is 0.0546 e. The summed E-state index contributed by atoms with van der Waals surface area (Å²) in [5, 5.41) is 9.95. The van der Waals surface area contributed by atoms with E-state index in [-0.39, 0.29) is 5.41 Å². The molecule has 0 amide bonds. The van der Waals surface area contributed by atoms with Gasteiger partial charge in [0.25, 0.3) is 0 Å². The Morgan fingerprint density at radius 1 is 0.371 bits per heavy atom. The SMILES string of the molecule is C[C@@H]1CC2C[C@@H](C1)[C@@]1(c3ccccc3-c3cccc(-c4ccc5cc(-c6ccccc6)c(N(c6ccc(-c7cccc8ccccc78)cc6)c6cc7ccccc7c7ccccc67)cc5c4)c31)[C@@H](C)C2. The monoisotopic (exact) mass is 897 g/mol. The lowest BCUT2D eigenvalue weighted by molar-refractivity contribution is 0.0429. The first-order valence-corrected chi connectivity index (χ1v) is 25.7. The Balaban J connectivity index is 1.01. The van der Waals surface area contributed by atoms with E-state index in [1.54, 1.807) is 11.1 Å². The van der Waals surface area contributed by atoms with Gasteiger partial charge in [-0.15, -0.1) is 0 Å². The second-order valence-electron chi connectivity index (χ2n) is 21.0. The van der Waals surface area contributed by atoms with Crippen LogP contribution in [-0.2, 0) is 5.41 Å². The highest BCUT2D eigenvalue weighted by molar-refractivity contribution is 6.15. The summed E-state index contributed by atoms with van der Waals surface area (Å²) >= 11 is 0. The Hall–Kier alpha value is -7.74. The molecule has 3 aliphatic carbocycles. The van der Waals surface area contributed by atoms with Crippen molar-refractivity contribution in [3.63, 3.8) is 0 Å². The van der Waals surface area contributed by atoms with Gasteiger partial charge in [0, 0.05) is 22.1 Å². The van der Waals surface area contributed by atoms with Crippen LogP contribution in [0, 0.1) is 23.7 Å². The van der Waals surface area contributed by atoms with Crippen LogP contribution in [-0.4, -0.2) is 0 Å². The number of nitrogens with zero attached hydrogens (tertiary/aromatic N) is 1. The Morgan fingerprint density at radius 2 is 1.00 bits per heavy atom. The van der Waals surface area contributed by atoms with Crippen molar-refractivity contribution < 1.29 is 0 Å². The third kappa shape index (κ3) is 6.30. The molecule has 11 aromatic carbocycles. The first-order valence-electron chi connectivity index (χ1n) is 25.7. The summed E-state index contributed by atoms with van der Waals surface area (Å²) in [7, 11) is 0. The summed E-state index contributed by atoms with van der Waals surface area (Å²) in [4.78, 5) is 2.55. The summed E-state index contributed by atoms with van der Waals surface area (Å²) in [6, 6.07) is 84.9. The van der Waals surface area contributed by atoms with Gasteiger partial charge < -0.3 is 4.90 Å². The molecule has 11 aromatic rings. The molecule has 1 spiro atoms. The molecule has 14 rings (SSSR count). The lowest BCUT2D eigenvalue weighted by Crippen LogP contribution is -2.49. The van der Waals surface area contributed by atoms with Crippen molar-refractivity contribution in [2.75, 3.05) is 4.90 Å². The van der Waals surface area contributed by atoms with Gasteiger partial charge in [0.05, 0.1) is 11.4 Å². The topological polar surface area (TPSA) is 3.24 Å². The van der Waals surface area contributed by atoms with Crippen LogP contribution in [0.5, 0.6) is 0 Å². The standard InChI is InChI=1S/C69H55N/c1-44-36-46-38-45(2)69(54(37-44)39-46)65-29-13-12-24-61(65)63-28-15-27-59(68(63)69)52-31-30-50-41-64(48-16-4-3-5-17-48)67(43-53(50)40-52)70(66-42-51-19-7-9-22-58(51)60-23-10-11-25-62(60)66)55-34-32-49(33-35-55)57-26-14-20-47-18-6-8-21-56(47)57/h3-35,40-46,54H,36-39H2,1-2H3/t44-,45+,46?,54-,69-/m1/s1. The largest absolute Gasteiger partial charge is 0.309 e. The molecule has 3 aliphatic rings. The van der Waals surface area contributed by atoms with E-state index in [9.17, 15) is 0 Å². The molecule has 2 saturated carbocycles. The Labute approximate surface area is 411 Å². The highest BCUT2D eigenvalue weighted by Crippen LogP contribution is 2.66. The summed E-state index contributed by atoms with van der Waals surface area (Å²) in [6.45, 7) is 5.11. The molecule has 0 radical (unpaired) electrons. The van der Waals surface area contributed by atoms with E-state index in [2.05, 4.69) is 243 Å². The van der Waals surface area contributed by atoms with E-state index < -0.39 is 0 Å². The van der Waals surface area contributed by atoms with Gasteiger partial charge in [0.1, 0.15) is 0 Å². The molecule has 70 heavy (non-hydrogen) atoms. The van der Waals surface area contributed by atoms with Crippen molar-refractivity contribution in [1.29, 1.82) is 0 Å². The summed E-state index contributed by atoms with van der Waals surface area (Å²) in [5.41, 5.74) is 17.0. The fourth-order valence-corrected chi connectivity index (χ4v) is 14.4. The van der Waals surface area contributed by atoms with Crippen molar-refractivity contribution in [2.24, 2.45) is 23.7 Å². The molecular weight excluding hydrogens is 843 g/mol. The number of anilines is 3. The molecule has 1 nitrogen and oxygen atoms in total. The molecule has 0 N–H and O–H groups in total. The number of rotatable bonds is 6. The van der Waals surface area contributed by atoms with Crippen molar-refractivity contribution in [3.05, 3.63) is 236 Å². The van der Waals surface area contributed by atoms with Gasteiger partial charge in [-0.1, -0.05) is 202 Å². The first-order chi connectivity index (χ1) is 34.5. The van der Waals surface area contributed by atoms with Crippen LogP contribution in [0.15, 0.2) is 224 Å². The molecule has 1 heteroatoms. The van der Waals surface area contributed by atoms with E-state index in [4.69, 9.17) is 0 Å². The van der Waals surface area contributed by atoms with E-state index in [1.807, 2.05) is 0 Å². The van der Waals surface area contributed by atoms with Crippen LogP contribution >= 0.6 is 0 Å². The second-order valence-corrected chi connectivity index (χ2v) is 21.0. The van der Waals surface area contributed by atoms with Crippen molar-refractivity contribution in [3.8, 4) is 44.5 Å². The van der Waals surface area contributed by atoms with Gasteiger partial charge >= 0.3 is 0 Å². The summed E-state index contributed by atoms with van der Waals surface area (Å²) in [5.74, 6) is 2.77. The summed E-state index contributed by atoms with van der Waals surface area (Å²) in [6.07, 6.45) is 5.32. The molecule has 0 aromatic heterocycles. The Kier molecular flexibility index (Phi) is 9.53. The molecule has 0 saturated heterocycles. The minimum atomic E-state index is -0.00285. The minimum absolute atomic E-state index is 0.00285. The van der Waals surface area contributed by atoms with Gasteiger partial charge in [-0.3, -0.25) is 0 Å². The zero-order valence-corrected chi connectivity index (χ0v) is 39.9. The van der Waals surface area contributed by atoms with Crippen LogP contribution in [0.4, 0.5) is 17.1 Å². The fraction of sp³-hybridized carbons (Fsp3) is 0.159. The maximum absolute atomic E-state index is 2.59.